The number of aromatic amines is 1. The Morgan fingerprint density at radius 1 is 1.57 bits per heavy atom. The molecule has 0 fully saturated rings. The first-order chi connectivity index (χ1) is 6.49. The fourth-order valence-electron chi connectivity index (χ4n) is 1.19. The second-order valence-corrected chi connectivity index (χ2v) is 3.10. The van der Waals surface area contributed by atoms with Gasteiger partial charge >= 0.3 is 11.4 Å². The summed E-state index contributed by atoms with van der Waals surface area (Å²) in [4.78, 5) is 22.5. The fourth-order valence-corrected chi connectivity index (χ4v) is 1.19. The molecular formula is C8H13N3O3. The monoisotopic (exact) mass is 199 g/mol. The highest BCUT2D eigenvalue weighted by Gasteiger charge is 2.17. The molecule has 1 rings (SSSR count). The average Bonchev–Trinajstić information content (AvgIpc) is 2.35. The molecule has 0 aromatic carbocycles. The van der Waals surface area contributed by atoms with Crippen LogP contribution in [0.15, 0.2) is 22.2 Å². The first-order valence-corrected chi connectivity index (χ1v) is 4.17. The van der Waals surface area contributed by atoms with Crippen molar-refractivity contribution in [2.24, 2.45) is 7.05 Å². The number of aromatic nitrogens is 3. The molecule has 14 heavy (non-hydrogen) atoms. The maximum absolute atomic E-state index is 11.4. The third-order valence-corrected chi connectivity index (χ3v) is 2.05. The Morgan fingerprint density at radius 2 is 2.14 bits per heavy atom. The first kappa shape index (κ1) is 10.5. The number of nitrogens with one attached hydrogen (secondary N) is 1. The van der Waals surface area contributed by atoms with Gasteiger partial charge in [0.2, 0.25) is 0 Å². The van der Waals surface area contributed by atoms with Crippen molar-refractivity contribution in [1.82, 2.24) is 14.3 Å². The standard InChI is InChI=1S/C8H13N3O3/c1-4-6(5(2)12)11-8(14)10(3)7(13)9-11/h4-6,12H,1H2,2-3H3,(H,9,13)/t5-,6-/m0/s1. The predicted octanol–water partition coefficient (Wildman–Crippen LogP) is -1.02. The first-order valence-electron chi connectivity index (χ1n) is 4.17. The maximum atomic E-state index is 11.4. The van der Waals surface area contributed by atoms with Gasteiger partial charge in [0.25, 0.3) is 0 Å². The van der Waals surface area contributed by atoms with E-state index in [2.05, 4.69) is 11.7 Å². The third kappa shape index (κ3) is 1.56. The van der Waals surface area contributed by atoms with Gasteiger partial charge in [0.1, 0.15) is 0 Å². The normalized spacial score (nSPS) is 15.1. The molecule has 0 bridgehead atoms. The van der Waals surface area contributed by atoms with E-state index in [9.17, 15) is 14.7 Å². The Bertz CT molecular complexity index is 437. The lowest BCUT2D eigenvalue weighted by Gasteiger charge is -2.14. The van der Waals surface area contributed by atoms with Crippen molar-refractivity contribution in [2.75, 3.05) is 0 Å². The van der Waals surface area contributed by atoms with E-state index in [1.54, 1.807) is 0 Å². The van der Waals surface area contributed by atoms with Crippen LogP contribution in [0.25, 0.3) is 0 Å². The lowest BCUT2D eigenvalue weighted by molar-refractivity contribution is 0.144. The fraction of sp³-hybridized carbons (Fsp3) is 0.500. The van der Waals surface area contributed by atoms with E-state index in [0.29, 0.717) is 0 Å². The van der Waals surface area contributed by atoms with E-state index in [1.807, 2.05) is 0 Å². The quantitative estimate of drug-likeness (QED) is 0.612. The number of hydrogen-bond acceptors (Lipinski definition) is 3. The minimum atomic E-state index is -0.789. The minimum Gasteiger partial charge on any atom is -0.391 e. The van der Waals surface area contributed by atoms with Crippen LogP contribution in [-0.4, -0.2) is 25.6 Å². The van der Waals surface area contributed by atoms with Crippen molar-refractivity contribution in [3.63, 3.8) is 0 Å². The molecule has 2 atom stereocenters. The molecule has 0 saturated heterocycles. The van der Waals surface area contributed by atoms with Crippen molar-refractivity contribution in [3.05, 3.63) is 33.6 Å². The Kier molecular flexibility index (Phi) is 2.76. The van der Waals surface area contributed by atoms with Crippen molar-refractivity contribution in [2.45, 2.75) is 19.1 Å². The van der Waals surface area contributed by atoms with E-state index in [0.717, 1.165) is 9.25 Å². The summed E-state index contributed by atoms with van der Waals surface area (Å²) in [5.74, 6) is 0. The van der Waals surface area contributed by atoms with Crippen molar-refractivity contribution in [1.29, 1.82) is 0 Å². The second-order valence-electron chi connectivity index (χ2n) is 3.10. The van der Waals surface area contributed by atoms with Crippen LogP contribution in [0.3, 0.4) is 0 Å². The zero-order valence-corrected chi connectivity index (χ0v) is 8.10. The van der Waals surface area contributed by atoms with E-state index >= 15 is 0 Å². The Balaban J connectivity index is 3.31. The molecule has 6 heteroatoms. The number of hydrogen-bond donors (Lipinski definition) is 2. The van der Waals surface area contributed by atoms with Crippen LogP contribution in [0.4, 0.5) is 0 Å². The van der Waals surface area contributed by atoms with Crippen LogP contribution in [0.2, 0.25) is 0 Å². The summed E-state index contributed by atoms with van der Waals surface area (Å²) in [6.07, 6.45) is 0.616. The van der Waals surface area contributed by atoms with E-state index in [-0.39, 0.29) is 0 Å². The lowest BCUT2D eigenvalue weighted by atomic mass is 10.2. The smallest absolute Gasteiger partial charge is 0.347 e. The molecule has 1 heterocycles. The Morgan fingerprint density at radius 3 is 2.43 bits per heavy atom. The predicted molar refractivity (Wildman–Crippen MR) is 51.2 cm³/mol. The molecule has 0 radical (unpaired) electrons. The molecule has 0 unspecified atom stereocenters. The third-order valence-electron chi connectivity index (χ3n) is 2.05. The summed E-state index contributed by atoms with van der Waals surface area (Å²) in [6.45, 7) is 5.01. The second kappa shape index (κ2) is 3.67. The van der Waals surface area contributed by atoms with Gasteiger partial charge in [-0.3, -0.25) is 0 Å². The van der Waals surface area contributed by atoms with Crippen LogP contribution in [0.1, 0.15) is 13.0 Å². The van der Waals surface area contributed by atoms with Crippen LogP contribution in [0.5, 0.6) is 0 Å². The molecule has 0 aliphatic heterocycles. The summed E-state index contributed by atoms with van der Waals surface area (Å²) in [5, 5.41) is 11.7. The lowest BCUT2D eigenvalue weighted by Crippen LogP contribution is -2.31. The van der Waals surface area contributed by atoms with Crippen LogP contribution in [0, 0.1) is 0 Å². The van der Waals surface area contributed by atoms with Crippen LogP contribution >= 0.6 is 0 Å². The SMILES string of the molecule is C=C[C@@H]([C@H](C)O)n1[nH]c(=O)n(C)c1=O. The van der Waals surface area contributed by atoms with Crippen LogP contribution < -0.4 is 11.4 Å². The summed E-state index contributed by atoms with van der Waals surface area (Å²) in [7, 11) is 1.36. The van der Waals surface area contributed by atoms with Gasteiger partial charge in [0, 0.05) is 7.05 Å². The highest BCUT2D eigenvalue weighted by molar-refractivity contribution is 4.89. The van der Waals surface area contributed by atoms with E-state index < -0.39 is 23.5 Å². The van der Waals surface area contributed by atoms with Crippen molar-refractivity contribution < 1.29 is 5.11 Å². The maximum Gasteiger partial charge on any atom is 0.347 e. The summed E-state index contributed by atoms with van der Waals surface area (Å²) in [5.41, 5.74) is -1.01. The molecule has 1 aromatic heterocycles. The van der Waals surface area contributed by atoms with Crippen LogP contribution in [-0.2, 0) is 7.05 Å². The summed E-state index contributed by atoms with van der Waals surface area (Å²) >= 11 is 0. The number of H-pyrrole nitrogens is 1. The van der Waals surface area contributed by atoms with Gasteiger partial charge in [-0.25, -0.2) is 23.9 Å². The highest BCUT2D eigenvalue weighted by Crippen LogP contribution is 2.07. The van der Waals surface area contributed by atoms with Gasteiger partial charge in [-0.15, -0.1) is 6.58 Å². The zero-order valence-electron chi connectivity index (χ0n) is 8.10. The number of rotatable bonds is 3. The van der Waals surface area contributed by atoms with Crippen molar-refractivity contribution in [3.8, 4) is 0 Å². The summed E-state index contributed by atoms with van der Waals surface area (Å²) in [6, 6.07) is -0.614. The van der Waals surface area contributed by atoms with Gasteiger partial charge in [-0.2, -0.15) is 0 Å². The Hall–Kier alpha value is -1.56. The zero-order chi connectivity index (χ0) is 10.9. The Labute approximate surface area is 80.1 Å². The molecule has 0 aliphatic carbocycles. The van der Waals surface area contributed by atoms with Gasteiger partial charge in [0.15, 0.2) is 0 Å². The molecule has 78 valence electrons. The molecule has 0 spiro atoms. The number of aliphatic hydroxyl groups excluding tert-OH is 1. The number of aliphatic hydroxyl groups is 1. The molecule has 6 nitrogen and oxygen atoms in total. The molecule has 0 aliphatic rings. The molecular weight excluding hydrogens is 186 g/mol. The molecule has 2 N–H and O–H groups in total. The van der Waals surface area contributed by atoms with Gasteiger partial charge in [-0.05, 0) is 6.92 Å². The highest BCUT2D eigenvalue weighted by atomic mass is 16.3. The summed E-state index contributed by atoms with van der Waals surface area (Å²) < 4.78 is 1.98. The largest absolute Gasteiger partial charge is 0.391 e. The van der Waals surface area contributed by atoms with E-state index in [4.69, 9.17) is 0 Å². The van der Waals surface area contributed by atoms with Gasteiger partial charge in [-0.1, -0.05) is 6.08 Å². The molecule has 0 amide bonds. The van der Waals surface area contributed by atoms with Gasteiger partial charge in [0.05, 0.1) is 12.1 Å². The molecule has 1 aromatic rings. The van der Waals surface area contributed by atoms with Gasteiger partial charge < -0.3 is 5.11 Å². The van der Waals surface area contributed by atoms with E-state index in [1.165, 1.54) is 20.0 Å². The minimum absolute atomic E-state index is 0.499. The molecule has 0 saturated carbocycles. The topological polar surface area (TPSA) is 80.0 Å². The van der Waals surface area contributed by atoms with Crippen molar-refractivity contribution >= 4 is 0 Å². The number of nitrogens with zero attached hydrogens (tertiary/aromatic N) is 2. The average molecular weight is 199 g/mol.